The maximum absolute atomic E-state index is 14.4. The molecule has 0 aliphatic heterocycles. The number of ketones is 2. The summed E-state index contributed by atoms with van der Waals surface area (Å²) in [6.07, 6.45) is 12.5. The predicted molar refractivity (Wildman–Crippen MR) is 139 cm³/mol. The minimum atomic E-state index is -0.575. The number of rotatable bonds is 1. The lowest BCUT2D eigenvalue weighted by Crippen LogP contribution is -2.68. The monoisotopic (exact) mass is 475 g/mol. The first-order valence-electron chi connectivity index (χ1n) is 14.0. The summed E-state index contributed by atoms with van der Waals surface area (Å²) >= 11 is 0. The van der Waals surface area contributed by atoms with Crippen LogP contribution in [0.25, 0.3) is 0 Å². The van der Waals surface area contributed by atoms with E-state index in [1.54, 1.807) is 0 Å². The van der Waals surface area contributed by atoms with E-state index in [1.807, 2.05) is 19.9 Å². The molecule has 0 aromatic carbocycles. The fourth-order valence-electron chi connectivity index (χ4n) is 10.7. The lowest BCUT2D eigenvalue weighted by Gasteiger charge is -2.71. The van der Waals surface area contributed by atoms with E-state index in [9.17, 15) is 14.9 Å². The number of hydrogen-bond donors (Lipinski definition) is 0. The maximum atomic E-state index is 14.4. The molecule has 0 saturated heterocycles. The third-order valence-corrected chi connectivity index (χ3v) is 12.9. The summed E-state index contributed by atoms with van der Waals surface area (Å²) in [5.74, 6) is 1.18. The molecule has 5 aliphatic carbocycles. The van der Waals surface area contributed by atoms with Crippen LogP contribution in [0.2, 0.25) is 0 Å². The number of nitriles is 1. The molecule has 8 atom stereocenters. The van der Waals surface area contributed by atoms with Gasteiger partial charge in [-0.05, 0) is 89.8 Å². The summed E-state index contributed by atoms with van der Waals surface area (Å²) in [5.41, 5.74) is -0.313. The van der Waals surface area contributed by atoms with Gasteiger partial charge in [-0.3, -0.25) is 9.59 Å². The van der Waals surface area contributed by atoms with Crippen LogP contribution < -0.4 is 0 Å². The normalized spacial score (nSPS) is 49.9. The first-order valence-corrected chi connectivity index (χ1v) is 14.0. The fraction of sp³-hybridized carbons (Fsp3) is 0.781. The second-order valence-corrected chi connectivity index (χ2v) is 15.1. The highest BCUT2D eigenvalue weighted by Crippen LogP contribution is 2.75. The molecular formula is C32H45NO2. The van der Waals surface area contributed by atoms with Crippen molar-refractivity contribution in [2.45, 2.75) is 99.8 Å². The Bertz CT molecular complexity index is 1070. The van der Waals surface area contributed by atoms with Crippen LogP contribution in [0.3, 0.4) is 0 Å². The van der Waals surface area contributed by atoms with Gasteiger partial charge in [0.05, 0.1) is 5.57 Å². The Balaban J connectivity index is 1.64. The van der Waals surface area contributed by atoms with Crippen LogP contribution in [0.4, 0.5) is 0 Å². The lowest BCUT2D eigenvalue weighted by atomic mass is 9.31. The number of Topliss-reactive ketones (excluding diaryl/α,β-unsaturated/α-hetero) is 2. The molecule has 4 saturated carbocycles. The van der Waals surface area contributed by atoms with E-state index in [0.29, 0.717) is 23.7 Å². The van der Waals surface area contributed by atoms with E-state index in [4.69, 9.17) is 0 Å². The van der Waals surface area contributed by atoms with Crippen LogP contribution in [0.5, 0.6) is 0 Å². The standard InChI is InChI=1S/C32H45NO2/c1-9-32-14-12-27(2,3)18-21(32)25-22(34)16-24-29(6)17-20(19-33)26(35)28(4,5)23(29)10-11-30(24,7)31(25,8)13-15-32/h9,17,21,23-25H,1,10-16,18H2,2-8H3/t21?,23?,24?,25?,29-,30+,31+,32+/m0/s1. The summed E-state index contributed by atoms with van der Waals surface area (Å²) in [6, 6.07) is 2.23. The number of fused-ring (bicyclic) bond motifs is 7. The Labute approximate surface area is 212 Å². The highest BCUT2D eigenvalue weighted by Gasteiger charge is 2.71. The van der Waals surface area contributed by atoms with Crippen molar-refractivity contribution in [3.05, 3.63) is 24.3 Å². The molecule has 35 heavy (non-hydrogen) atoms. The maximum Gasteiger partial charge on any atom is 0.178 e. The molecule has 3 heteroatoms. The van der Waals surface area contributed by atoms with Gasteiger partial charge in [0.15, 0.2) is 5.78 Å². The van der Waals surface area contributed by atoms with E-state index >= 15 is 0 Å². The summed E-state index contributed by atoms with van der Waals surface area (Å²) in [6.45, 7) is 20.3. The summed E-state index contributed by atoms with van der Waals surface area (Å²) in [4.78, 5) is 27.6. The Morgan fingerprint density at radius 1 is 0.943 bits per heavy atom. The van der Waals surface area contributed by atoms with E-state index in [1.165, 1.54) is 6.42 Å². The van der Waals surface area contributed by atoms with Crippen molar-refractivity contribution >= 4 is 11.6 Å². The Hall–Kier alpha value is -1.69. The van der Waals surface area contributed by atoms with Crippen molar-refractivity contribution in [2.75, 3.05) is 0 Å². The molecule has 5 rings (SSSR count). The number of hydrogen-bond acceptors (Lipinski definition) is 3. The third kappa shape index (κ3) is 2.95. The van der Waals surface area contributed by atoms with Crippen molar-refractivity contribution in [3.63, 3.8) is 0 Å². The fourth-order valence-corrected chi connectivity index (χ4v) is 10.7. The molecule has 0 bridgehead atoms. The molecule has 4 fully saturated rings. The largest absolute Gasteiger partial charge is 0.299 e. The SMILES string of the molecule is C=C[C@]12CCC(C)(C)CC1C1C(=O)CC3[C@@]4(C)C=C(C#N)C(=O)C(C)(C)C4CC[C@@]3(C)[C@]1(C)CC2. The molecule has 5 aliphatic rings. The Kier molecular flexibility index (Phi) is 5.14. The van der Waals surface area contributed by atoms with Gasteiger partial charge >= 0.3 is 0 Å². The van der Waals surface area contributed by atoms with Gasteiger partial charge in [-0.1, -0.05) is 60.6 Å². The molecule has 3 nitrogen and oxygen atoms in total. The van der Waals surface area contributed by atoms with Crippen LogP contribution in [-0.2, 0) is 9.59 Å². The summed E-state index contributed by atoms with van der Waals surface area (Å²) in [5, 5.41) is 9.87. The molecule has 4 unspecified atom stereocenters. The van der Waals surface area contributed by atoms with E-state index in [0.717, 1.165) is 38.5 Å². The predicted octanol–water partition coefficient (Wildman–Crippen LogP) is 7.47. The molecule has 190 valence electrons. The van der Waals surface area contributed by atoms with Crippen molar-refractivity contribution in [1.29, 1.82) is 5.26 Å². The van der Waals surface area contributed by atoms with Crippen LogP contribution in [0.1, 0.15) is 99.8 Å². The number of nitrogens with zero attached hydrogens (tertiary/aromatic N) is 1. The van der Waals surface area contributed by atoms with Gasteiger partial charge in [0, 0.05) is 17.8 Å². The zero-order valence-electron chi connectivity index (χ0n) is 23.1. The number of carbonyl (C=O) groups is 2. The molecule has 0 radical (unpaired) electrons. The van der Waals surface area contributed by atoms with Crippen LogP contribution >= 0.6 is 0 Å². The lowest BCUT2D eigenvalue weighted by molar-refractivity contribution is -0.217. The first-order chi connectivity index (χ1) is 16.1. The molecule has 0 N–H and O–H groups in total. The van der Waals surface area contributed by atoms with Gasteiger partial charge in [0.2, 0.25) is 0 Å². The first kappa shape index (κ1) is 25.0. The van der Waals surface area contributed by atoms with E-state index in [-0.39, 0.29) is 50.6 Å². The summed E-state index contributed by atoms with van der Waals surface area (Å²) in [7, 11) is 0. The van der Waals surface area contributed by atoms with E-state index in [2.05, 4.69) is 53.3 Å². The molecule has 0 aromatic rings. The summed E-state index contributed by atoms with van der Waals surface area (Å²) < 4.78 is 0. The Morgan fingerprint density at radius 3 is 2.23 bits per heavy atom. The zero-order valence-corrected chi connectivity index (χ0v) is 23.1. The van der Waals surface area contributed by atoms with Gasteiger partial charge in [-0.2, -0.15) is 5.26 Å². The highest BCUT2D eigenvalue weighted by atomic mass is 16.1. The second kappa shape index (κ2) is 7.20. The minimum Gasteiger partial charge on any atom is -0.299 e. The van der Waals surface area contributed by atoms with Crippen LogP contribution in [-0.4, -0.2) is 11.6 Å². The molecule has 0 heterocycles. The van der Waals surface area contributed by atoms with E-state index < -0.39 is 5.41 Å². The molecular weight excluding hydrogens is 430 g/mol. The number of carbonyl (C=O) groups excluding carboxylic acids is 2. The third-order valence-electron chi connectivity index (χ3n) is 12.9. The number of allylic oxidation sites excluding steroid dienone is 3. The topological polar surface area (TPSA) is 57.9 Å². The zero-order chi connectivity index (χ0) is 25.8. The van der Waals surface area contributed by atoms with Crippen molar-refractivity contribution in [3.8, 4) is 6.07 Å². The van der Waals surface area contributed by atoms with Crippen LogP contribution in [0, 0.1) is 67.5 Å². The van der Waals surface area contributed by atoms with Crippen molar-refractivity contribution < 1.29 is 9.59 Å². The van der Waals surface area contributed by atoms with Gasteiger partial charge < -0.3 is 0 Å². The minimum absolute atomic E-state index is 0.000714. The van der Waals surface area contributed by atoms with Crippen molar-refractivity contribution in [2.24, 2.45) is 56.2 Å². The van der Waals surface area contributed by atoms with Gasteiger partial charge in [-0.25, -0.2) is 0 Å². The average molecular weight is 476 g/mol. The van der Waals surface area contributed by atoms with Gasteiger partial charge in [-0.15, -0.1) is 6.58 Å². The van der Waals surface area contributed by atoms with Gasteiger partial charge in [0.1, 0.15) is 11.9 Å². The molecule has 0 amide bonds. The van der Waals surface area contributed by atoms with Gasteiger partial charge in [0.25, 0.3) is 0 Å². The smallest absolute Gasteiger partial charge is 0.178 e. The second-order valence-electron chi connectivity index (χ2n) is 15.1. The Morgan fingerprint density at radius 2 is 1.60 bits per heavy atom. The average Bonchev–Trinajstić information content (AvgIpc) is 2.77. The quantitative estimate of drug-likeness (QED) is 0.370. The molecule has 0 aromatic heterocycles. The highest BCUT2D eigenvalue weighted by molar-refractivity contribution is 6.04. The molecule has 0 spiro atoms. The van der Waals surface area contributed by atoms with Crippen LogP contribution in [0.15, 0.2) is 24.3 Å². The van der Waals surface area contributed by atoms with Crippen molar-refractivity contribution in [1.82, 2.24) is 0 Å².